The highest BCUT2D eigenvalue weighted by atomic mass is 35.5. The highest BCUT2D eigenvalue weighted by Crippen LogP contribution is 2.30. The largest absolute Gasteiger partial charge is 0.495 e. The Morgan fingerprint density at radius 2 is 2.00 bits per heavy atom. The predicted molar refractivity (Wildman–Crippen MR) is 134 cm³/mol. The van der Waals surface area contributed by atoms with Gasteiger partial charge in [0.25, 0.3) is 5.56 Å². The van der Waals surface area contributed by atoms with Gasteiger partial charge in [0.15, 0.2) is 5.16 Å². The number of aromatic amines is 1. The number of aromatic nitrogens is 3. The number of halogens is 1. The summed E-state index contributed by atoms with van der Waals surface area (Å²) in [6.07, 6.45) is 1.80. The summed E-state index contributed by atoms with van der Waals surface area (Å²) in [6.45, 7) is 3.83. The van der Waals surface area contributed by atoms with Gasteiger partial charge in [-0.2, -0.15) is 0 Å². The number of ether oxygens (including phenoxy) is 1. The van der Waals surface area contributed by atoms with Crippen LogP contribution in [0.2, 0.25) is 5.02 Å². The molecule has 0 aliphatic heterocycles. The zero-order valence-electron chi connectivity index (χ0n) is 18.4. The van der Waals surface area contributed by atoms with E-state index in [1.54, 1.807) is 29.0 Å². The molecule has 0 saturated heterocycles. The summed E-state index contributed by atoms with van der Waals surface area (Å²) in [5.41, 5.74) is 3.14. The van der Waals surface area contributed by atoms with Crippen molar-refractivity contribution in [2.45, 2.75) is 25.0 Å². The lowest BCUT2D eigenvalue weighted by atomic mass is 10.1. The summed E-state index contributed by atoms with van der Waals surface area (Å²) < 4.78 is 6.89. The van der Waals surface area contributed by atoms with Gasteiger partial charge in [0.2, 0.25) is 5.91 Å². The topological polar surface area (TPSA) is 89.0 Å². The second kappa shape index (κ2) is 9.72. The zero-order chi connectivity index (χ0) is 23.5. The fourth-order valence-electron chi connectivity index (χ4n) is 3.54. The van der Waals surface area contributed by atoms with Crippen molar-refractivity contribution in [3.8, 4) is 16.9 Å². The van der Waals surface area contributed by atoms with Crippen molar-refractivity contribution in [2.24, 2.45) is 0 Å². The molecule has 0 aliphatic carbocycles. The van der Waals surface area contributed by atoms with Crippen LogP contribution in [0.3, 0.4) is 0 Å². The highest BCUT2D eigenvalue weighted by Gasteiger charge is 2.19. The number of nitrogens with zero attached hydrogens (tertiary/aromatic N) is 2. The first-order valence-corrected chi connectivity index (χ1v) is 11.7. The molecule has 2 heterocycles. The molecule has 2 N–H and O–H groups in total. The van der Waals surface area contributed by atoms with Crippen molar-refractivity contribution < 1.29 is 9.53 Å². The molecule has 0 atom stereocenters. The molecule has 4 aromatic rings. The third-order valence-corrected chi connectivity index (χ3v) is 6.26. The average Bonchev–Trinajstić information content (AvgIpc) is 3.22. The van der Waals surface area contributed by atoms with Crippen LogP contribution in [0.4, 0.5) is 5.69 Å². The van der Waals surface area contributed by atoms with Crippen LogP contribution in [0.25, 0.3) is 22.2 Å². The van der Waals surface area contributed by atoms with E-state index in [1.807, 2.05) is 44.2 Å². The number of methoxy groups -OCH3 is 1. The van der Waals surface area contributed by atoms with Crippen LogP contribution in [0, 0.1) is 0 Å². The minimum absolute atomic E-state index is 0.0609. The van der Waals surface area contributed by atoms with E-state index in [0.717, 1.165) is 11.1 Å². The number of anilines is 1. The number of hydrogen-bond acceptors (Lipinski definition) is 5. The van der Waals surface area contributed by atoms with E-state index in [1.165, 1.54) is 18.9 Å². The van der Waals surface area contributed by atoms with Gasteiger partial charge >= 0.3 is 0 Å². The van der Waals surface area contributed by atoms with Gasteiger partial charge in [-0.15, -0.1) is 0 Å². The van der Waals surface area contributed by atoms with Crippen molar-refractivity contribution in [3.05, 3.63) is 70.1 Å². The molecule has 2 aromatic carbocycles. The van der Waals surface area contributed by atoms with Gasteiger partial charge in [0.05, 0.1) is 18.6 Å². The van der Waals surface area contributed by atoms with Crippen LogP contribution >= 0.6 is 23.4 Å². The first-order valence-electron chi connectivity index (χ1n) is 10.3. The van der Waals surface area contributed by atoms with Crippen molar-refractivity contribution in [1.29, 1.82) is 0 Å². The van der Waals surface area contributed by atoms with Crippen LogP contribution in [-0.4, -0.2) is 33.3 Å². The van der Waals surface area contributed by atoms with Gasteiger partial charge in [-0.1, -0.05) is 53.7 Å². The van der Waals surface area contributed by atoms with E-state index in [-0.39, 0.29) is 23.3 Å². The van der Waals surface area contributed by atoms with E-state index >= 15 is 0 Å². The third kappa shape index (κ3) is 4.77. The summed E-state index contributed by atoms with van der Waals surface area (Å²) in [4.78, 5) is 33.8. The summed E-state index contributed by atoms with van der Waals surface area (Å²) in [6, 6.07) is 14.6. The number of amides is 1. The van der Waals surface area contributed by atoms with Gasteiger partial charge in [0.1, 0.15) is 16.8 Å². The molecular weight excluding hydrogens is 460 g/mol. The van der Waals surface area contributed by atoms with Crippen LogP contribution in [0.15, 0.2) is 64.7 Å². The second-order valence-corrected chi connectivity index (χ2v) is 9.02. The molecule has 4 rings (SSSR count). The first-order chi connectivity index (χ1) is 15.9. The van der Waals surface area contributed by atoms with E-state index in [9.17, 15) is 9.59 Å². The number of H-pyrrole nitrogens is 1. The maximum atomic E-state index is 13.2. The molecule has 0 aliphatic rings. The van der Waals surface area contributed by atoms with Crippen molar-refractivity contribution in [1.82, 2.24) is 14.5 Å². The van der Waals surface area contributed by atoms with Crippen LogP contribution in [-0.2, 0) is 4.79 Å². The van der Waals surface area contributed by atoms with Gasteiger partial charge in [0, 0.05) is 22.8 Å². The molecular formula is C24H23ClN4O3S. The fraction of sp³-hybridized carbons (Fsp3) is 0.208. The molecule has 0 bridgehead atoms. The highest BCUT2D eigenvalue weighted by molar-refractivity contribution is 7.99. The van der Waals surface area contributed by atoms with Crippen LogP contribution in [0.5, 0.6) is 5.75 Å². The first kappa shape index (κ1) is 22.9. The number of fused-ring (bicyclic) bond motifs is 1. The number of nitrogens with one attached hydrogen (secondary N) is 2. The minimum Gasteiger partial charge on any atom is -0.495 e. The lowest BCUT2D eigenvalue weighted by Gasteiger charge is -2.15. The number of benzene rings is 2. The lowest BCUT2D eigenvalue weighted by molar-refractivity contribution is -0.113. The minimum atomic E-state index is -0.262. The quantitative estimate of drug-likeness (QED) is 0.273. The summed E-state index contributed by atoms with van der Waals surface area (Å²) in [7, 11) is 1.52. The summed E-state index contributed by atoms with van der Waals surface area (Å²) in [5.74, 6) is 0.310. The van der Waals surface area contributed by atoms with Gasteiger partial charge < -0.3 is 15.0 Å². The number of thioether (sulfide) groups is 1. The van der Waals surface area contributed by atoms with Crippen LogP contribution < -0.4 is 15.6 Å². The smallest absolute Gasteiger partial charge is 0.278 e. The average molecular weight is 483 g/mol. The normalized spacial score (nSPS) is 11.2. The molecule has 2 aromatic heterocycles. The van der Waals surface area contributed by atoms with Crippen LogP contribution in [0.1, 0.15) is 19.9 Å². The predicted octanol–water partition coefficient (Wildman–Crippen LogP) is 5.37. The standard InChI is InChI=1S/C24H23ClN4O3S/c1-14(2)29-23(31)22-21(17(12-26-22)15-7-5-4-6-8-15)28-24(29)33-13-20(30)27-18-11-16(25)9-10-19(18)32-3/h4-12,14,26H,13H2,1-3H3,(H,27,30). The summed E-state index contributed by atoms with van der Waals surface area (Å²) in [5, 5.41) is 3.78. The molecule has 0 saturated carbocycles. The Kier molecular flexibility index (Phi) is 6.76. The molecule has 0 spiro atoms. The maximum Gasteiger partial charge on any atom is 0.278 e. The Morgan fingerprint density at radius 1 is 1.24 bits per heavy atom. The van der Waals surface area contributed by atoms with E-state index in [4.69, 9.17) is 21.3 Å². The molecule has 0 unspecified atom stereocenters. The van der Waals surface area contributed by atoms with Crippen molar-refractivity contribution in [2.75, 3.05) is 18.2 Å². The van der Waals surface area contributed by atoms with Gasteiger partial charge in [-0.05, 0) is 37.6 Å². The Bertz CT molecular complexity index is 1370. The molecule has 170 valence electrons. The maximum absolute atomic E-state index is 13.2. The monoisotopic (exact) mass is 482 g/mol. The molecule has 0 fully saturated rings. The fourth-order valence-corrected chi connectivity index (χ4v) is 4.63. The second-order valence-electron chi connectivity index (χ2n) is 7.64. The number of carbonyl (C=O) groups excluding carboxylic acids is 1. The Labute approximate surface area is 200 Å². The Morgan fingerprint density at radius 3 is 2.70 bits per heavy atom. The van der Waals surface area contributed by atoms with E-state index < -0.39 is 0 Å². The molecule has 7 nitrogen and oxygen atoms in total. The van der Waals surface area contributed by atoms with Crippen molar-refractivity contribution >= 4 is 46.0 Å². The number of rotatable bonds is 7. The van der Waals surface area contributed by atoms with Gasteiger partial charge in [-0.3, -0.25) is 14.2 Å². The zero-order valence-corrected chi connectivity index (χ0v) is 20.0. The number of hydrogen-bond donors (Lipinski definition) is 2. The molecule has 1 amide bonds. The molecule has 33 heavy (non-hydrogen) atoms. The van der Waals surface area contributed by atoms with Gasteiger partial charge in [-0.25, -0.2) is 4.98 Å². The van der Waals surface area contributed by atoms with Crippen molar-refractivity contribution in [3.63, 3.8) is 0 Å². The third-order valence-electron chi connectivity index (χ3n) is 5.07. The summed E-state index contributed by atoms with van der Waals surface area (Å²) >= 11 is 7.26. The Hall–Kier alpha value is -3.23. The SMILES string of the molecule is COc1ccc(Cl)cc1NC(=O)CSc1nc2c(-c3ccccc3)c[nH]c2c(=O)n1C(C)C. The lowest BCUT2D eigenvalue weighted by Crippen LogP contribution is -2.26. The van der Waals surface area contributed by atoms with E-state index in [2.05, 4.69) is 10.3 Å². The van der Waals surface area contributed by atoms with E-state index in [0.29, 0.717) is 32.6 Å². The Balaban J connectivity index is 1.65. The molecule has 0 radical (unpaired) electrons. The molecule has 9 heteroatoms. The number of carbonyl (C=O) groups is 1.